The Morgan fingerprint density at radius 1 is 1.10 bits per heavy atom. The molecule has 110 valence electrons. The molecule has 0 heterocycles. The normalized spacial score (nSPS) is 15.4. The van der Waals surface area contributed by atoms with E-state index in [0.717, 1.165) is 18.6 Å². The lowest BCUT2D eigenvalue weighted by Crippen LogP contribution is -2.09. The van der Waals surface area contributed by atoms with E-state index in [1.54, 1.807) is 19.1 Å². The lowest BCUT2D eigenvalue weighted by Gasteiger charge is -2.18. The van der Waals surface area contributed by atoms with Crippen LogP contribution in [0.4, 0.5) is 4.39 Å². The van der Waals surface area contributed by atoms with Crippen LogP contribution in [0.1, 0.15) is 42.5 Å². The molecule has 0 aromatic heterocycles. The Labute approximate surface area is 124 Å². The maximum atomic E-state index is 13.9. The highest BCUT2D eigenvalue weighted by atomic mass is 19.1. The molecule has 0 saturated heterocycles. The molecule has 0 aliphatic heterocycles. The second kappa shape index (κ2) is 5.86. The number of hydrogen-bond acceptors (Lipinski definition) is 2. The Bertz CT molecular complexity index is 652. The highest BCUT2D eigenvalue weighted by Crippen LogP contribution is 2.33. The molecule has 3 rings (SSSR count). The fourth-order valence-electron chi connectivity index (χ4n) is 2.95. The summed E-state index contributed by atoms with van der Waals surface area (Å²) in [5.74, 6) is 0.935. The Hall–Kier alpha value is -1.87. The minimum Gasteiger partial charge on any atom is -0.457 e. The molecule has 1 atom stereocenters. The summed E-state index contributed by atoms with van der Waals surface area (Å²) in [6.07, 6.45) is 4.71. The number of ether oxygens (including phenoxy) is 1. The quantitative estimate of drug-likeness (QED) is 0.900. The molecule has 3 heteroatoms. The van der Waals surface area contributed by atoms with Crippen molar-refractivity contribution in [2.75, 3.05) is 0 Å². The molecule has 1 aliphatic rings. The van der Waals surface area contributed by atoms with Crippen LogP contribution in [0.3, 0.4) is 0 Å². The van der Waals surface area contributed by atoms with Crippen molar-refractivity contribution in [3.8, 4) is 11.5 Å². The van der Waals surface area contributed by atoms with Crippen molar-refractivity contribution < 1.29 is 9.13 Å². The fourth-order valence-corrected chi connectivity index (χ4v) is 2.95. The fraction of sp³-hybridized carbons (Fsp3) is 0.333. The predicted molar refractivity (Wildman–Crippen MR) is 82.2 cm³/mol. The third-order valence-electron chi connectivity index (χ3n) is 4.02. The SMILES string of the molecule is CC(N)c1c(F)cccc1Oc1ccc2c(c1)CCCC2. The number of halogens is 1. The van der Waals surface area contributed by atoms with E-state index < -0.39 is 6.04 Å². The van der Waals surface area contributed by atoms with Crippen LogP contribution in [0.5, 0.6) is 11.5 Å². The molecule has 0 fully saturated rings. The highest BCUT2D eigenvalue weighted by Gasteiger charge is 2.15. The Morgan fingerprint density at radius 2 is 1.86 bits per heavy atom. The smallest absolute Gasteiger partial charge is 0.135 e. The van der Waals surface area contributed by atoms with Crippen LogP contribution in [0.2, 0.25) is 0 Å². The van der Waals surface area contributed by atoms with Gasteiger partial charge in [-0.05, 0) is 68.0 Å². The first kappa shape index (κ1) is 14.1. The van der Waals surface area contributed by atoms with Gasteiger partial charge in [0.15, 0.2) is 0 Å². The topological polar surface area (TPSA) is 35.2 Å². The predicted octanol–water partition coefficient (Wildman–Crippen LogP) is 4.52. The molecule has 2 N–H and O–H groups in total. The van der Waals surface area contributed by atoms with E-state index in [-0.39, 0.29) is 5.82 Å². The Balaban J connectivity index is 1.92. The summed E-state index contributed by atoms with van der Waals surface area (Å²) < 4.78 is 19.8. The lowest BCUT2D eigenvalue weighted by atomic mass is 9.92. The summed E-state index contributed by atoms with van der Waals surface area (Å²) >= 11 is 0. The van der Waals surface area contributed by atoms with Crippen molar-refractivity contribution in [3.05, 3.63) is 58.9 Å². The number of benzene rings is 2. The Morgan fingerprint density at radius 3 is 2.62 bits per heavy atom. The molecule has 0 radical (unpaired) electrons. The summed E-state index contributed by atoms with van der Waals surface area (Å²) in [6.45, 7) is 1.76. The van der Waals surface area contributed by atoms with Crippen LogP contribution in [-0.2, 0) is 12.8 Å². The molecular weight excluding hydrogens is 265 g/mol. The molecule has 0 spiro atoms. The molecule has 2 aromatic carbocycles. The zero-order valence-electron chi connectivity index (χ0n) is 12.2. The van der Waals surface area contributed by atoms with Crippen LogP contribution < -0.4 is 10.5 Å². The number of aryl methyl sites for hydroxylation is 2. The molecule has 21 heavy (non-hydrogen) atoms. The number of hydrogen-bond donors (Lipinski definition) is 1. The second-order valence-corrected chi connectivity index (χ2v) is 5.68. The zero-order valence-corrected chi connectivity index (χ0v) is 12.2. The number of rotatable bonds is 3. The van der Waals surface area contributed by atoms with Crippen LogP contribution in [0, 0.1) is 5.82 Å². The first-order valence-electron chi connectivity index (χ1n) is 7.49. The summed E-state index contributed by atoms with van der Waals surface area (Å²) in [6, 6.07) is 10.6. The number of fused-ring (bicyclic) bond motifs is 1. The van der Waals surface area contributed by atoms with E-state index in [1.165, 1.54) is 30.0 Å². The van der Waals surface area contributed by atoms with Gasteiger partial charge in [-0.2, -0.15) is 0 Å². The molecule has 1 aliphatic carbocycles. The second-order valence-electron chi connectivity index (χ2n) is 5.68. The van der Waals surface area contributed by atoms with Crippen LogP contribution in [0.15, 0.2) is 36.4 Å². The Kier molecular flexibility index (Phi) is 3.93. The van der Waals surface area contributed by atoms with Gasteiger partial charge in [-0.3, -0.25) is 0 Å². The van der Waals surface area contributed by atoms with E-state index in [0.29, 0.717) is 11.3 Å². The van der Waals surface area contributed by atoms with Gasteiger partial charge in [0.25, 0.3) is 0 Å². The van der Waals surface area contributed by atoms with Crippen molar-refractivity contribution in [1.82, 2.24) is 0 Å². The first-order valence-corrected chi connectivity index (χ1v) is 7.49. The van der Waals surface area contributed by atoms with Gasteiger partial charge in [0, 0.05) is 11.6 Å². The van der Waals surface area contributed by atoms with E-state index >= 15 is 0 Å². The van der Waals surface area contributed by atoms with Gasteiger partial charge in [-0.25, -0.2) is 4.39 Å². The third-order valence-corrected chi connectivity index (χ3v) is 4.02. The van der Waals surface area contributed by atoms with E-state index in [9.17, 15) is 4.39 Å². The average Bonchev–Trinajstić information content (AvgIpc) is 2.47. The monoisotopic (exact) mass is 285 g/mol. The van der Waals surface area contributed by atoms with E-state index in [2.05, 4.69) is 12.1 Å². The van der Waals surface area contributed by atoms with Crippen molar-refractivity contribution >= 4 is 0 Å². The standard InChI is InChI=1S/C18H20FNO/c1-12(20)18-16(19)7-4-8-17(18)21-15-10-9-13-5-2-3-6-14(13)11-15/h4,7-12H,2-3,5-6,20H2,1H3. The van der Waals surface area contributed by atoms with Crippen LogP contribution in [-0.4, -0.2) is 0 Å². The van der Waals surface area contributed by atoms with Gasteiger partial charge in [-0.1, -0.05) is 12.1 Å². The van der Waals surface area contributed by atoms with Gasteiger partial charge in [0.1, 0.15) is 17.3 Å². The molecule has 0 bridgehead atoms. The summed E-state index contributed by atoms with van der Waals surface area (Å²) in [5, 5.41) is 0. The van der Waals surface area contributed by atoms with Crippen molar-refractivity contribution in [1.29, 1.82) is 0 Å². The average molecular weight is 285 g/mol. The summed E-state index contributed by atoms with van der Waals surface area (Å²) in [7, 11) is 0. The highest BCUT2D eigenvalue weighted by molar-refractivity contribution is 5.43. The van der Waals surface area contributed by atoms with Crippen molar-refractivity contribution in [2.45, 2.75) is 38.6 Å². The van der Waals surface area contributed by atoms with Crippen LogP contribution >= 0.6 is 0 Å². The summed E-state index contributed by atoms with van der Waals surface area (Å²) in [4.78, 5) is 0. The summed E-state index contributed by atoms with van der Waals surface area (Å²) in [5.41, 5.74) is 9.03. The van der Waals surface area contributed by atoms with Crippen molar-refractivity contribution in [3.63, 3.8) is 0 Å². The molecule has 2 nitrogen and oxygen atoms in total. The van der Waals surface area contributed by atoms with E-state index in [1.807, 2.05) is 6.07 Å². The largest absolute Gasteiger partial charge is 0.457 e. The zero-order chi connectivity index (χ0) is 14.8. The van der Waals surface area contributed by atoms with Gasteiger partial charge in [0.05, 0.1) is 0 Å². The van der Waals surface area contributed by atoms with Crippen molar-refractivity contribution in [2.24, 2.45) is 5.73 Å². The number of nitrogens with two attached hydrogens (primary N) is 1. The van der Waals surface area contributed by atoms with Gasteiger partial charge in [0.2, 0.25) is 0 Å². The molecule has 2 aromatic rings. The minimum atomic E-state index is -0.404. The van der Waals surface area contributed by atoms with Gasteiger partial charge in [-0.15, -0.1) is 0 Å². The van der Waals surface area contributed by atoms with Gasteiger partial charge >= 0.3 is 0 Å². The van der Waals surface area contributed by atoms with Gasteiger partial charge < -0.3 is 10.5 Å². The van der Waals surface area contributed by atoms with E-state index in [4.69, 9.17) is 10.5 Å². The molecule has 0 amide bonds. The third kappa shape index (κ3) is 2.93. The lowest BCUT2D eigenvalue weighted by molar-refractivity contribution is 0.459. The molecule has 1 unspecified atom stereocenters. The molecule has 0 saturated carbocycles. The van der Waals surface area contributed by atoms with Crippen LogP contribution in [0.25, 0.3) is 0 Å². The molecular formula is C18H20FNO. The first-order chi connectivity index (χ1) is 10.1. The maximum Gasteiger partial charge on any atom is 0.135 e. The minimum absolute atomic E-state index is 0.319. The maximum absolute atomic E-state index is 13.9.